The number of amides is 1. The van der Waals surface area contributed by atoms with Crippen LogP contribution in [0.4, 0.5) is 5.13 Å². The molecule has 1 aliphatic rings. The molecule has 7 heteroatoms. The number of hydrogen-bond acceptors (Lipinski definition) is 6. The summed E-state index contributed by atoms with van der Waals surface area (Å²) >= 11 is 4.84. The van der Waals surface area contributed by atoms with Gasteiger partial charge >= 0.3 is 0 Å². The van der Waals surface area contributed by atoms with E-state index in [9.17, 15) is 4.79 Å². The number of carbonyl (C=O) groups is 1. The van der Waals surface area contributed by atoms with Crippen LogP contribution in [-0.4, -0.2) is 42.7 Å². The number of benzene rings is 2. The highest BCUT2D eigenvalue weighted by atomic mass is 32.2. The molecular weight excluding hydrogens is 408 g/mol. The van der Waals surface area contributed by atoms with Crippen LogP contribution in [-0.2, 0) is 4.74 Å². The molecule has 0 N–H and O–H groups in total. The number of thiazole rings is 1. The van der Waals surface area contributed by atoms with Crippen LogP contribution in [0.3, 0.4) is 0 Å². The van der Waals surface area contributed by atoms with Crippen molar-refractivity contribution in [2.75, 3.05) is 30.6 Å². The van der Waals surface area contributed by atoms with E-state index in [1.807, 2.05) is 41.5 Å². The molecule has 4 nitrogen and oxygen atoms in total. The second-order valence-electron chi connectivity index (χ2n) is 6.55. The van der Waals surface area contributed by atoms with Crippen LogP contribution in [0.1, 0.15) is 23.2 Å². The van der Waals surface area contributed by atoms with Gasteiger partial charge in [-0.3, -0.25) is 9.69 Å². The average molecular weight is 431 g/mol. The third kappa shape index (κ3) is 3.94. The lowest BCUT2D eigenvalue weighted by Gasteiger charge is -2.24. The van der Waals surface area contributed by atoms with Gasteiger partial charge in [0.05, 0.1) is 28.4 Å². The Balaban J connectivity index is 1.76. The highest BCUT2D eigenvalue weighted by Gasteiger charge is 2.28. The van der Waals surface area contributed by atoms with Crippen LogP contribution in [0.2, 0.25) is 0 Å². The molecule has 1 amide bonds. The van der Waals surface area contributed by atoms with Gasteiger partial charge in [-0.05, 0) is 49.6 Å². The Morgan fingerprint density at radius 2 is 1.96 bits per heavy atom. The van der Waals surface area contributed by atoms with E-state index >= 15 is 0 Å². The SMILES string of the molecule is CSc1ccccc1C(=O)N(CC1CCCO1)c1nc2c(SC)cccc2s1. The number of anilines is 1. The van der Waals surface area contributed by atoms with Crippen molar-refractivity contribution in [1.82, 2.24) is 4.98 Å². The second-order valence-corrected chi connectivity index (χ2v) is 9.26. The van der Waals surface area contributed by atoms with Crippen molar-refractivity contribution in [2.45, 2.75) is 28.7 Å². The lowest BCUT2D eigenvalue weighted by atomic mass is 10.1. The quantitative estimate of drug-likeness (QED) is 0.479. The molecule has 1 saturated heterocycles. The fourth-order valence-corrected chi connectivity index (χ4v) is 5.62. The van der Waals surface area contributed by atoms with E-state index in [0.29, 0.717) is 6.54 Å². The van der Waals surface area contributed by atoms with Gasteiger partial charge < -0.3 is 4.74 Å². The van der Waals surface area contributed by atoms with E-state index in [1.54, 1.807) is 34.9 Å². The first-order valence-electron chi connectivity index (χ1n) is 9.21. The van der Waals surface area contributed by atoms with E-state index in [0.717, 1.165) is 50.2 Å². The minimum Gasteiger partial charge on any atom is -0.376 e. The first-order valence-corrected chi connectivity index (χ1v) is 12.5. The van der Waals surface area contributed by atoms with E-state index in [4.69, 9.17) is 9.72 Å². The summed E-state index contributed by atoms with van der Waals surface area (Å²) in [6.45, 7) is 1.31. The van der Waals surface area contributed by atoms with Crippen LogP contribution in [0.15, 0.2) is 52.3 Å². The molecule has 0 bridgehead atoms. The van der Waals surface area contributed by atoms with Crippen molar-refractivity contribution in [1.29, 1.82) is 0 Å². The summed E-state index contributed by atoms with van der Waals surface area (Å²) in [5.74, 6) is -0.00907. The summed E-state index contributed by atoms with van der Waals surface area (Å²) in [4.78, 5) is 22.4. The number of carbonyl (C=O) groups excluding carboxylic acids is 1. The Bertz CT molecular complexity index is 983. The second kappa shape index (κ2) is 8.86. The zero-order valence-corrected chi connectivity index (χ0v) is 18.3. The first kappa shape index (κ1) is 19.8. The maximum Gasteiger partial charge on any atom is 0.261 e. The van der Waals surface area contributed by atoms with Crippen molar-refractivity contribution >= 4 is 56.1 Å². The fourth-order valence-electron chi connectivity index (χ4n) is 3.40. The summed E-state index contributed by atoms with van der Waals surface area (Å²) in [5, 5.41) is 0.743. The molecule has 0 saturated carbocycles. The van der Waals surface area contributed by atoms with Gasteiger partial charge in [0, 0.05) is 16.4 Å². The minimum absolute atomic E-state index is 0.00907. The van der Waals surface area contributed by atoms with Gasteiger partial charge in [-0.15, -0.1) is 23.5 Å². The molecular formula is C21H22N2O2S3. The van der Waals surface area contributed by atoms with Crippen molar-refractivity contribution in [3.8, 4) is 0 Å². The largest absolute Gasteiger partial charge is 0.376 e. The van der Waals surface area contributed by atoms with E-state index in [2.05, 4.69) is 18.4 Å². The van der Waals surface area contributed by atoms with Crippen LogP contribution in [0.5, 0.6) is 0 Å². The monoisotopic (exact) mass is 430 g/mol. The highest BCUT2D eigenvalue weighted by Crippen LogP contribution is 2.35. The Morgan fingerprint density at radius 3 is 2.71 bits per heavy atom. The van der Waals surface area contributed by atoms with Gasteiger partial charge in [-0.25, -0.2) is 4.98 Å². The summed E-state index contributed by atoms with van der Waals surface area (Å²) in [7, 11) is 0. The number of hydrogen-bond donors (Lipinski definition) is 0. The van der Waals surface area contributed by atoms with E-state index in [1.165, 1.54) is 0 Å². The highest BCUT2D eigenvalue weighted by molar-refractivity contribution is 7.99. The molecule has 28 heavy (non-hydrogen) atoms. The van der Waals surface area contributed by atoms with Crippen molar-refractivity contribution in [3.05, 3.63) is 48.0 Å². The third-order valence-corrected chi connectivity index (χ3v) is 7.42. The van der Waals surface area contributed by atoms with Crippen LogP contribution < -0.4 is 4.90 Å². The molecule has 2 aromatic carbocycles. The Kier molecular flexibility index (Phi) is 6.25. The van der Waals surface area contributed by atoms with Crippen molar-refractivity contribution in [2.24, 2.45) is 0 Å². The zero-order valence-electron chi connectivity index (χ0n) is 15.9. The van der Waals surface area contributed by atoms with Crippen LogP contribution >= 0.6 is 34.9 Å². The summed E-state index contributed by atoms with van der Waals surface area (Å²) < 4.78 is 6.94. The maximum absolute atomic E-state index is 13.6. The average Bonchev–Trinajstić information content (AvgIpc) is 3.40. The third-order valence-electron chi connectivity index (χ3n) is 4.81. The van der Waals surface area contributed by atoms with Crippen molar-refractivity contribution in [3.63, 3.8) is 0 Å². The number of nitrogens with zero attached hydrogens (tertiary/aromatic N) is 2. The normalized spacial score (nSPS) is 16.6. The first-order chi connectivity index (χ1) is 13.7. The molecule has 0 radical (unpaired) electrons. The summed E-state index contributed by atoms with van der Waals surface area (Å²) in [5.41, 5.74) is 1.69. The lowest BCUT2D eigenvalue weighted by molar-refractivity contribution is 0.0915. The number of para-hydroxylation sites is 1. The summed E-state index contributed by atoms with van der Waals surface area (Å²) in [6.07, 6.45) is 6.15. The molecule has 1 aliphatic heterocycles. The number of aromatic nitrogens is 1. The molecule has 1 aromatic heterocycles. The van der Waals surface area contributed by atoms with Gasteiger partial charge in [-0.1, -0.05) is 29.5 Å². The Labute approximate surface area is 177 Å². The van der Waals surface area contributed by atoms with Gasteiger partial charge in [0.1, 0.15) is 0 Å². The topological polar surface area (TPSA) is 42.4 Å². The molecule has 1 fully saturated rings. The molecule has 2 heterocycles. The zero-order chi connectivity index (χ0) is 19.5. The Hall–Kier alpha value is -1.54. The van der Waals surface area contributed by atoms with Crippen LogP contribution in [0, 0.1) is 0 Å². The van der Waals surface area contributed by atoms with E-state index in [-0.39, 0.29) is 12.0 Å². The standard InChI is InChI=1S/C21H22N2O2S3/c1-26-16-9-4-3-8-15(16)20(24)23(13-14-7-6-12-25-14)21-22-19-17(27-2)10-5-11-18(19)28-21/h3-5,8-11,14H,6-7,12-13H2,1-2H3. The van der Waals surface area contributed by atoms with E-state index < -0.39 is 0 Å². The molecule has 0 aliphatic carbocycles. The molecule has 4 rings (SSSR count). The number of thioether (sulfide) groups is 2. The Morgan fingerprint density at radius 1 is 1.18 bits per heavy atom. The fraction of sp³-hybridized carbons (Fsp3) is 0.333. The molecule has 3 aromatic rings. The number of fused-ring (bicyclic) bond motifs is 1. The van der Waals surface area contributed by atoms with Crippen LogP contribution in [0.25, 0.3) is 10.2 Å². The smallest absolute Gasteiger partial charge is 0.261 e. The number of rotatable bonds is 6. The van der Waals surface area contributed by atoms with Gasteiger partial charge in [0.25, 0.3) is 5.91 Å². The molecule has 1 atom stereocenters. The minimum atomic E-state index is -0.00907. The molecule has 0 spiro atoms. The predicted octanol–water partition coefficient (Wildman–Crippen LogP) is 5.57. The lowest BCUT2D eigenvalue weighted by Crippen LogP contribution is -2.37. The summed E-state index contributed by atoms with van der Waals surface area (Å²) in [6, 6.07) is 14.0. The van der Waals surface area contributed by atoms with Crippen molar-refractivity contribution < 1.29 is 9.53 Å². The molecule has 146 valence electrons. The van der Waals surface area contributed by atoms with Gasteiger partial charge in [0.2, 0.25) is 0 Å². The number of ether oxygens (including phenoxy) is 1. The molecule has 1 unspecified atom stereocenters. The van der Waals surface area contributed by atoms with Gasteiger partial charge in [-0.2, -0.15) is 0 Å². The predicted molar refractivity (Wildman–Crippen MR) is 120 cm³/mol. The maximum atomic E-state index is 13.6. The van der Waals surface area contributed by atoms with Gasteiger partial charge in [0.15, 0.2) is 5.13 Å².